The van der Waals surface area contributed by atoms with Crippen LogP contribution in [0.1, 0.15) is 5.56 Å². The maximum Gasteiger partial charge on any atom is 0.238 e. The van der Waals surface area contributed by atoms with Crippen molar-refractivity contribution in [3.8, 4) is 22.5 Å². The molecule has 2 aromatic carbocycles. The molecule has 10 heteroatoms. The molecule has 0 fully saturated rings. The van der Waals surface area contributed by atoms with Crippen LogP contribution in [0.3, 0.4) is 0 Å². The van der Waals surface area contributed by atoms with E-state index in [0.29, 0.717) is 31.6 Å². The topological polar surface area (TPSA) is 115 Å². The van der Waals surface area contributed by atoms with Gasteiger partial charge in [0.25, 0.3) is 0 Å². The first kappa shape index (κ1) is 17.6. The second-order valence-corrected chi connectivity index (χ2v) is 8.63. The number of rotatable bonds is 3. The molecule has 0 spiro atoms. The molecule has 2 heterocycles. The van der Waals surface area contributed by atoms with Crippen LogP contribution in [0.15, 0.2) is 53.6 Å². The first-order chi connectivity index (χ1) is 12.8. The lowest BCUT2D eigenvalue weighted by Gasteiger charge is -1.97. The Hall–Kier alpha value is -2.77. The van der Waals surface area contributed by atoms with Gasteiger partial charge in [0.15, 0.2) is 0 Å². The molecule has 0 aliphatic carbocycles. The highest BCUT2D eigenvalue weighted by Gasteiger charge is 2.16. The van der Waals surface area contributed by atoms with Crippen LogP contribution < -0.4 is 5.14 Å². The monoisotopic (exact) mass is 415 g/mol. The van der Waals surface area contributed by atoms with E-state index in [-0.39, 0.29) is 4.90 Å². The Morgan fingerprint density at radius 1 is 1.19 bits per heavy atom. The van der Waals surface area contributed by atoms with E-state index in [9.17, 15) is 13.7 Å². The van der Waals surface area contributed by atoms with Crippen LogP contribution >= 0.6 is 22.9 Å². The second kappa shape index (κ2) is 6.44. The lowest BCUT2D eigenvalue weighted by molar-refractivity contribution is 0.598. The van der Waals surface area contributed by atoms with Crippen LogP contribution in [0, 0.1) is 11.3 Å². The van der Waals surface area contributed by atoms with Crippen molar-refractivity contribution < 1.29 is 8.42 Å². The summed E-state index contributed by atoms with van der Waals surface area (Å²) in [6.45, 7) is 0. The van der Waals surface area contributed by atoms with Gasteiger partial charge in [-0.2, -0.15) is 10.4 Å². The number of halogens is 1. The Morgan fingerprint density at radius 3 is 2.59 bits per heavy atom. The van der Waals surface area contributed by atoms with Crippen LogP contribution in [0.5, 0.6) is 0 Å². The summed E-state index contributed by atoms with van der Waals surface area (Å²) in [6.07, 6.45) is 1.59. The van der Waals surface area contributed by atoms with Crippen molar-refractivity contribution in [3.63, 3.8) is 0 Å². The number of benzene rings is 2. The lowest BCUT2D eigenvalue weighted by atomic mass is 10.1. The van der Waals surface area contributed by atoms with Crippen molar-refractivity contribution in [2.24, 2.45) is 5.14 Å². The zero-order valence-electron chi connectivity index (χ0n) is 13.5. The highest BCUT2D eigenvalue weighted by Crippen LogP contribution is 2.29. The van der Waals surface area contributed by atoms with Gasteiger partial charge in [-0.25, -0.2) is 23.2 Å². The van der Waals surface area contributed by atoms with Crippen molar-refractivity contribution in [1.29, 1.82) is 5.26 Å². The molecule has 2 N–H and O–H groups in total. The van der Waals surface area contributed by atoms with Crippen LogP contribution in [-0.4, -0.2) is 23.2 Å². The molecule has 7 nitrogen and oxygen atoms in total. The van der Waals surface area contributed by atoms with E-state index in [1.54, 1.807) is 36.5 Å². The lowest BCUT2D eigenvalue weighted by Crippen LogP contribution is -2.11. The van der Waals surface area contributed by atoms with Gasteiger partial charge in [-0.1, -0.05) is 35.1 Å². The molecule has 4 rings (SSSR count). The number of thiazole rings is 1. The van der Waals surface area contributed by atoms with E-state index in [2.05, 4.69) is 16.2 Å². The number of nitrogens with zero attached hydrogens (tertiary/aromatic N) is 4. The van der Waals surface area contributed by atoms with Gasteiger partial charge in [-0.3, -0.25) is 0 Å². The third-order valence-electron chi connectivity index (χ3n) is 3.83. The minimum Gasteiger partial charge on any atom is -0.225 e. The zero-order chi connectivity index (χ0) is 19.2. The summed E-state index contributed by atoms with van der Waals surface area (Å²) in [5.41, 5.74) is 2.28. The largest absolute Gasteiger partial charge is 0.238 e. The number of fused-ring (bicyclic) bond motifs is 1. The van der Waals surface area contributed by atoms with E-state index in [0.717, 1.165) is 5.56 Å². The maximum atomic E-state index is 11.5. The number of nitriles is 1. The van der Waals surface area contributed by atoms with Crippen LogP contribution in [0.2, 0.25) is 5.02 Å². The fourth-order valence-corrected chi connectivity index (χ4v) is 4.21. The first-order valence-electron chi connectivity index (χ1n) is 7.54. The smallest absolute Gasteiger partial charge is 0.225 e. The van der Waals surface area contributed by atoms with E-state index in [1.807, 2.05) is 0 Å². The minimum atomic E-state index is -3.79. The molecule has 0 saturated heterocycles. The molecule has 0 atom stereocenters. The maximum absolute atomic E-state index is 11.5. The van der Waals surface area contributed by atoms with Crippen LogP contribution in [0.4, 0.5) is 0 Å². The normalized spacial score (nSPS) is 11.6. The highest BCUT2D eigenvalue weighted by atomic mass is 35.5. The Labute approximate surface area is 163 Å². The Balaban J connectivity index is 1.82. The number of primary sulfonamides is 1. The average molecular weight is 416 g/mol. The van der Waals surface area contributed by atoms with Gasteiger partial charge in [0, 0.05) is 10.6 Å². The van der Waals surface area contributed by atoms with E-state index in [4.69, 9.17) is 16.7 Å². The number of sulfonamides is 1. The van der Waals surface area contributed by atoms with Gasteiger partial charge in [0.2, 0.25) is 15.2 Å². The highest BCUT2D eigenvalue weighted by molar-refractivity contribution is 7.89. The first-order valence-corrected chi connectivity index (χ1v) is 10.3. The van der Waals surface area contributed by atoms with Gasteiger partial charge in [-0.15, -0.1) is 0 Å². The van der Waals surface area contributed by atoms with Gasteiger partial charge in [0.1, 0.15) is 11.8 Å². The Kier molecular flexibility index (Phi) is 4.20. The van der Waals surface area contributed by atoms with Gasteiger partial charge >= 0.3 is 0 Å². The molecule has 0 aliphatic rings. The molecule has 0 amide bonds. The summed E-state index contributed by atoms with van der Waals surface area (Å²) in [4.78, 5) is 4.47. The van der Waals surface area contributed by atoms with Gasteiger partial charge in [0.05, 0.1) is 26.9 Å². The van der Waals surface area contributed by atoms with Crippen molar-refractivity contribution in [2.45, 2.75) is 4.90 Å². The molecule has 0 saturated carbocycles. The molecule has 27 heavy (non-hydrogen) atoms. The molecule has 0 unspecified atom stereocenters. The van der Waals surface area contributed by atoms with Crippen molar-refractivity contribution >= 4 is 43.2 Å². The molecule has 0 radical (unpaired) electrons. The summed E-state index contributed by atoms with van der Waals surface area (Å²) in [5, 5.41) is 20.2. The molecule has 134 valence electrons. The van der Waals surface area contributed by atoms with Crippen molar-refractivity contribution in [3.05, 3.63) is 59.2 Å². The summed E-state index contributed by atoms with van der Waals surface area (Å²) in [6, 6.07) is 13.6. The summed E-state index contributed by atoms with van der Waals surface area (Å²) in [5.74, 6) is 0. The van der Waals surface area contributed by atoms with E-state index >= 15 is 0 Å². The van der Waals surface area contributed by atoms with Crippen LogP contribution in [0.25, 0.3) is 26.6 Å². The predicted molar refractivity (Wildman–Crippen MR) is 103 cm³/mol. The standard InChI is InChI=1S/C17H10ClN5O2S2/c18-12-3-1-10(2-4-12)16-11(8-19)9-23(22-16)17-21-14-6-5-13(27(20,24)25)7-15(14)26-17/h1-7,9H,(H2,20,24,25). The second-order valence-electron chi connectivity index (χ2n) is 5.63. The average Bonchev–Trinajstić information content (AvgIpc) is 3.24. The quantitative estimate of drug-likeness (QED) is 0.551. The molecule has 0 aliphatic heterocycles. The number of hydrogen-bond donors (Lipinski definition) is 1. The minimum absolute atomic E-state index is 0.0187. The fourth-order valence-electron chi connectivity index (χ4n) is 2.54. The summed E-state index contributed by atoms with van der Waals surface area (Å²) in [7, 11) is -3.79. The molecule has 0 bridgehead atoms. The number of aromatic nitrogens is 3. The fraction of sp³-hybridized carbons (Fsp3) is 0. The number of nitrogens with two attached hydrogens (primary N) is 1. The predicted octanol–water partition coefficient (Wildman–Crippen LogP) is 3.32. The molecular formula is C17H10ClN5O2S2. The van der Waals surface area contributed by atoms with E-state index < -0.39 is 10.0 Å². The summed E-state index contributed by atoms with van der Waals surface area (Å²) >= 11 is 7.16. The Morgan fingerprint density at radius 2 is 1.93 bits per heavy atom. The third kappa shape index (κ3) is 3.31. The third-order valence-corrected chi connectivity index (χ3v) is 6.00. The van der Waals surface area contributed by atoms with Gasteiger partial charge in [-0.05, 0) is 30.3 Å². The molecule has 4 aromatic rings. The SMILES string of the molecule is N#Cc1cn(-c2nc3ccc(S(N)(=O)=O)cc3s2)nc1-c1ccc(Cl)cc1. The van der Waals surface area contributed by atoms with Crippen molar-refractivity contribution in [1.82, 2.24) is 14.8 Å². The molecule has 2 aromatic heterocycles. The summed E-state index contributed by atoms with van der Waals surface area (Å²) < 4.78 is 25.2. The molecular weight excluding hydrogens is 406 g/mol. The zero-order valence-corrected chi connectivity index (χ0v) is 15.9. The van der Waals surface area contributed by atoms with E-state index in [1.165, 1.54) is 28.2 Å². The Bertz CT molecular complexity index is 1320. The van der Waals surface area contributed by atoms with Crippen LogP contribution in [-0.2, 0) is 10.0 Å². The van der Waals surface area contributed by atoms with Crippen molar-refractivity contribution in [2.75, 3.05) is 0 Å². The van der Waals surface area contributed by atoms with Gasteiger partial charge < -0.3 is 0 Å². The number of hydrogen-bond acceptors (Lipinski definition) is 6.